The number of carboxylic acids is 1. The largest absolute Gasteiger partial charge is 0.497 e. The quantitative estimate of drug-likeness (QED) is 0.629. The van der Waals surface area contributed by atoms with E-state index in [9.17, 15) is 19.5 Å². The molecular weight excluding hydrogens is 406 g/mol. The number of benzene rings is 1. The molecule has 0 aliphatic heterocycles. The van der Waals surface area contributed by atoms with Crippen LogP contribution >= 0.6 is 11.3 Å². The summed E-state index contributed by atoms with van der Waals surface area (Å²) in [5, 5.41) is 14.4. The molecule has 2 N–H and O–H groups in total. The monoisotopic (exact) mass is 431 g/mol. The molecule has 2 atom stereocenters. The summed E-state index contributed by atoms with van der Waals surface area (Å²) in [7, 11) is 1.58. The van der Waals surface area contributed by atoms with Crippen molar-refractivity contribution in [1.29, 1.82) is 0 Å². The Labute approximate surface area is 179 Å². The smallest absolute Gasteiger partial charge is 0.341 e. The molecule has 1 saturated carbocycles. The zero-order valence-corrected chi connectivity index (χ0v) is 17.8. The number of carbonyl (C=O) groups excluding carboxylic acids is 2. The van der Waals surface area contributed by atoms with Gasteiger partial charge < -0.3 is 19.9 Å². The summed E-state index contributed by atoms with van der Waals surface area (Å²) in [5.41, 5.74) is 1.72. The maximum atomic E-state index is 12.9. The summed E-state index contributed by atoms with van der Waals surface area (Å²) in [6, 6.07) is 7.24. The first-order chi connectivity index (χ1) is 14.5. The molecule has 1 amide bonds. The van der Waals surface area contributed by atoms with E-state index in [1.165, 1.54) is 11.3 Å². The molecule has 1 aromatic carbocycles. The number of carboxylic acid groups (broad SMARTS) is 1. The fraction of sp³-hybridized carbons (Fsp3) is 0.409. The van der Waals surface area contributed by atoms with Crippen molar-refractivity contribution < 1.29 is 29.0 Å². The van der Waals surface area contributed by atoms with Crippen molar-refractivity contribution in [3.63, 3.8) is 0 Å². The van der Waals surface area contributed by atoms with Gasteiger partial charge in [-0.3, -0.25) is 9.59 Å². The van der Waals surface area contributed by atoms with Crippen LogP contribution in [0.5, 0.6) is 5.75 Å². The number of hydrogen-bond acceptors (Lipinski definition) is 6. The fourth-order valence-corrected chi connectivity index (χ4v) is 4.74. The van der Waals surface area contributed by atoms with Crippen LogP contribution in [0, 0.1) is 11.8 Å². The Kier molecular flexibility index (Phi) is 7.10. The second-order valence-corrected chi connectivity index (χ2v) is 8.01. The van der Waals surface area contributed by atoms with Gasteiger partial charge in [-0.1, -0.05) is 25.0 Å². The van der Waals surface area contributed by atoms with Crippen molar-refractivity contribution in [3.05, 3.63) is 35.2 Å². The summed E-state index contributed by atoms with van der Waals surface area (Å²) in [6.07, 6.45) is 2.62. The Bertz CT molecular complexity index is 920. The highest BCUT2D eigenvalue weighted by molar-refractivity contribution is 7.15. The second kappa shape index (κ2) is 9.75. The molecule has 0 bridgehead atoms. The minimum absolute atomic E-state index is 0.202. The van der Waals surface area contributed by atoms with E-state index in [0.717, 1.165) is 18.4 Å². The fourth-order valence-electron chi connectivity index (χ4n) is 3.78. The molecule has 1 fully saturated rings. The van der Waals surface area contributed by atoms with Crippen molar-refractivity contribution in [3.8, 4) is 16.9 Å². The molecule has 0 saturated heterocycles. The van der Waals surface area contributed by atoms with Gasteiger partial charge in [0.1, 0.15) is 16.3 Å². The van der Waals surface area contributed by atoms with Crippen molar-refractivity contribution in [2.45, 2.75) is 32.6 Å². The Morgan fingerprint density at radius 2 is 1.80 bits per heavy atom. The van der Waals surface area contributed by atoms with Crippen LogP contribution in [0.25, 0.3) is 11.1 Å². The van der Waals surface area contributed by atoms with Gasteiger partial charge in [0.15, 0.2) is 0 Å². The molecule has 8 heteroatoms. The molecule has 1 heterocycles. The highest BCUT2D eigenvalue weighted by Crippen LogP contribution is 2.38. The maximum Gasteiger partial charge on any atom is 0.341 e. The zero-order valence-electron chi connectivity index (χ0n) is 17.0. The first-order valence-electron chi connectivity index (χ1n) is 9.93. The third-order valence-corrected chi connectivity index (χ3v) is 6.22. The van der Waals surface area contributed by atoms with E-state index in [1.807, 2.05) is 12.1 Å². The lowest BCUT2D eigenvalue weighted by Gasteiger charge is -2.27. The van der Waals surface area contributed by atoms with Crippen LogP contribution in [-0.2, 0) is 14.3 Å². The van der Waals surface area contributed by atoms with Gasteiger partial charge in [0.2, 0.25) is 5.91 Å². The predicted octanol–water partition coefficient (Wildman–Crippen LogP) is 4.43. The summed E-state index contributed by atoms with van der Waals surface area (Å²) in [5.74, 6) is -2.47. The Morgan fingerprint density at radius 1 is 1.13 bits per heavy atom. The molecule has 0 spiro atoms. The van der Waals surface area contributed by atoms with Gasteiger partial charge in [-0.05, 0) is 37.5 Å². The van der Waals surface area contributed by atoms with Gasteiger partial charge in [-0.25, -0.2) is 4.79 Å². The van der Waals surface area contributed by atoms with E-state index in [4.69, 9.17) is 9.47 Å². The standard InChI is InChI=1S/C22H25NO6S/c1-3-29-22(27)18-17(13-8-10-14(28-2)11-9-13)12-30-20(18)23-19(24)15-6-4-5-7-16(15)21(25)26/h8-12,15-16H,3-7H2,1-2H3,(H,23,24)(H,25,26)/t15-,16-/m0/s1. The number of hydrogen-bond donors (Lipinski definition) is 2. The number of esters is 1. The van der Waals surface area contributed by atoms with E-state index in [1.54, 1.807) is 31.5 Å². The molecule has 0 radical (unpaired) electrons. The minimum Gasteiger partial charge on any atom is -0.497 e. The van der Waals surface area contributed by atoms with Gasteiger partial charge in [0, 0.05) is 10.9 Å². The number of thiophene rings is 1. The lowest BCUT2D eigenvalue weighted by molar-refractivity contribution is -0.147. The van der Waals surface area contributed by atoms with Crippen molar-refractivity contribution in [1.82, 2.24) is 0 Å². The third-order valence-electron chi connectivity index (χ3n) is 5.33. The van der Waals surface area contributed by atoms with E-state index in [-0.39, 0.29) is 18.1 Å². The summed E-state index contributed by atoms with van der Waals surface area (Å²) in [6.45, 7) is 1.92. The van der Waals surface area contributed by atoms with Crippen LogP contribution in [-0.4, -0.2) is 36.7 Å². The van der Waals surface area contributed by atoms with Crippen LogP contribution in [0.15, 0.2) is 29.6 Å². The van der Waals surface area contributed by atoms with Gasteiger partial charge in [0.05, 0.1) is 25.6 Å². The van der Waals surface area contributed by atoms with E-state index in [0.29, 0.717) is 29.2 Å². The van der Waals surface area contributed by atoms with Crippen molar-refractivity contribution in [2.24, 2.45) is 11.8 Å². The number of nitrogens with one attached hydrogen (secondary N) is 1. The van der Waals surface area contributed by atoms with Crippen LogP contribution in [0.4, 0.5) is 5.00 Å². The van der Waals surface area contributed by atoms with Gasteiger partial charge in [-0.2, -0.15) is 0 Å². The first-order valence-corrected chi connectivity index (χ1v) is 10.8. The Morgan fingerprint density at radius 3 is 2.40 bits per heavy atom. The topological polar surface area (TPSA) is 102 Å². The molecule has 1 aliphatic rings. The molecular formula is C22H25NO6S. The van der Waals surface area contributed by atoms with Crippen LogP contribution in [0.3, 0.4) is 0 Å². The molecule has 3 rings (SSSR count). The minimum atomic E-state index is -0.953. The second-order valence-electron chi connectivity index (χ2n) is 7.13. The number of ether oxygens (including phenoxy) is 2. The van der Waals surface area contributed by atoms with Gasteiger partial charge >= 0.3 is 11.9 Å². The third kappa shape index (κ3) is 4.64. The number of aliphatic carboxylic acids is 1. The van der Waals surface area contributed by atoms with Gasteiger partial charge in [0.25, 0.3) is 0 Å². The lowest BCUT2D eigenvalue weighted by Crippen LogP contribution is -2.36. The number of amides is 1. The molecule has 2 aromatic rings. The predicted molar refractivity (Wildman–Crippen MR) is 114 cm³/mol. The average molecular weight is 432 g/mol. The van der Waals surface area contributed by atoms with E-state index < -0.39 is 23.8 Å². The van der Waals surface area contributed by atoms with E-state index >= 15 is 0 Å². The van der Waals surface area contributed by atoms with Crippen molar-refractivity contribution >= 4 is 34.2 Å². The Hall–Kier alpha value is -2.87. The summed E-state index contributed by atoms with van der Waals surface area (Å²) in [4.78, 5) is 37.2. The Balaban J connectivity index is 1.92. The number of anilines is 1. The van der Waals surface area contributed by atoms with Crippen LogP contribution in [0.2, 0.25) is 0 Å². The highest BCUT2D eigenvalue weighted by Gasteiger charge is 2.36. The SMILES string of the molecule is CCOC(=O)c1c(-c2ccc(OC)cc2)csc1NC(=O)[C@H]1CCCC[C@@H]1C(=O)O. The number of carbonyl (C=O) groups is 3. The van der Waals surface area contributed by atoms with Crippen molar-refractivity contribution in [2.75, 3.05) is 19.0 Å². The molecule has 160 valence electrons. The number of methoxy groups -OCH3 is 1. The van der Waals surface area contributed by atoms with Crippen LogP contribution < -0.4 is 10.1 Å². The van der Waals surface area contributed by atoms with Gasteiger partial charge in [-0.15, -0.1) is 11.3 Å². The van der Waals surface area contributed by atoms with E-state index in [2.05, 4.69) is 5.32 Å². The normalized spacial score (nSPS) is 18.5. The molecule has 1 aliphatic carbocycles. The molecule has 0 unspecified atom stereocenters. The number of rotatable bonds is 7. The molecule has 1 aromatic heterocycles. The molecule has 30 heavy (non-hydrogen) atoms. The maximum absolute atomic E-state index is 12.9. The first kappa shape index (κ1) is 21.8. The highest BCUT2D eigenvalue weighted by atomic mass is 32.1. The summed E-state index contributed by atoms with van der Waals surface area (Å²) < 4.78 is 10.4. The zero-order chi connectivity index (χ0) is 21.7. The van der Waals surface area contributed by atoms with Crippen LogP contribution in [0.1, 0.15) is 43.0 Å². The summed E-state index contributed by atoms with van der Waals surface area (Å²) >= 11 is 1.23. The lowest BCUT2D eigenvalue weighted by atomic mass is 9.79. The average Bonchev–Trinajstić information content (AvgIpc) is 3.17. The molecule has 7 nitrogen and oxygen atoms in total.